The van der Waals surface area contributed by atoms with Crippen molar-refractivity contribution in [1.29, 1.82) is 0 Å². The first-order valence-corrected chi connectivity index (χ1v) is 37.0. The highest BCUT2D eigenvalue weighted by atomic mass is 32.2. The summed E-state index contributed by atoms with van der Waals surface area (Å²) >= 11 is 2.10. The van der Waals surface area contributed by atoms with Gasteiger partial charge in [-0.15, -0.1) is 0 Å². The summed E-state index contributed by atoms with van der Waals surface area (Å²) in [6, 6.07) is 46.1. The molecule has 8 N–H and O–H groups in total. The van der Waals surface area contributed by atoms with Gasteiger partial charge in [0.05, 0.1) is 46.9 Å². The van der Waals surface area contributed by atoms with Crippen molar-refractivity contribution in [3.05, 3.63) is 168 Å². The van der Waals surface area contributed by atoms with Crippen molar-refractivity contribution < 1.29 is 71.1 Å². The Bertz CT molecular complexity index is 4130. The van der Waals surface area contributed by atoms with Crippen LogP contribution >= 0.6 is 11.7 Å². The SMILES string of the molecule is O=C(CCc1ccc(N(c2ccc(CCC(=O)NCCS(=O)(=O)O)cc2)c2ccc(-c3c4c(c(-c5ccc(N(c6ccc(CCC(=O)NCCS(=O)(=O)O)cc6)c6ccc(CCC(=O)NCCS(=O)(=O)O)cc6)cc5)c5nsnc35)N=S=N4)cc2)cc1)CNCS(=O)(=O)O. The Hall–Kier alpha value is -8.54. The van der Waals surface area contributed by atoms with E-state index in [0.29, 0.717) is 48.1 Å². The topological polar surface area (TPSA) is 391 Å². The second-order valence-corrected chi connectivity index (χ2v) is 28.9. The molecule has 1 aliphatic rings. The van der Waals surface area contributed by atoms with E-state index in [1.165, 1.54) is 0 Å². The highest BCUT2D eigenvalue weighted by Crippen LogP contribution is 2.52. The van der Waals surface area contributed by atoms with Crippen LogP contribution in [-0.2, 0) is 96.7 Å². The molecule has 0 fully saturated rings. The summed E-state index contributed by atoms with van der Waals surface area (Å²) in [7, 11) is -17.0. The number of anilines is 6. The predicted molar refractivity (Wildman–Crippen MR) is 360 cm³/mol. The molecule has 8 aromatic rings. The number of aromatic nitrogens is 2. The monoisotopic (exact) mass is 1400 g/mol. The third-order valence-electron chi connectivity index (χ3n) is 14.8. The minimum atomic E-state index is -4.28. The molecule has 0 radical (unpaired) electrons. The van der Waals surface area contributed by atoms with E-state index in [0.717, 1.165) is 102 Å². The molecule has 1 aliphatic heterocycles. The molecule has 0 aliphatic carbocycles. The highest BCUT2D eigenvalue weighted by Gasteiger charge is 2.27. The fourth-order valence-electron chi connectivity index (χ4n) is 10.2. The molecule has 494 valence electrons. The zero-order valence-electron chi connectivity index (χ0n) is 50.0. The van der Waals surface area contributed by atoms with Gasteiger partial charge in [0.1, 0.15) is 34.1 Å². The standard InChI is InChI=1S/C62H64N10O16S6/c73-53(39-63-40-94(86,87)88)29-9-41-1-17-47(18-2-41)71(48-19-3-42(4-20-48)10-30-54(74)64-33-36-91(77,78)79)51-25-13-45(14-26-51)57-59-61(69-89-67-59)58(62-60(57)68-90-70-62)46-15-27-52(28-16-46)72(49-21-5-43(6-22-49)11-31-55(75)65-34-37-92(80,81)82)50-23-7-44(8-24-50)12-32-56(76)66-35-38-93(83,84)85/h1-8,13-28,63H,9-12,29-40H2,(H,64,74)(H,65,75)(H,66,76)(H,77,78,79)(H,80,81,82)(H,83,84,85)(H,86,87,88). The lowest BCUT2D eigenvalue weighted by atomic mass is 9.93. The van der Waals surface area contributed by atoms with Gasteiger partial charge in [0.2, 0.25) is 17.7 Å². The molecule has 26 nitrogen and oxygen atoms in total. The minimum Gasteiger partial charge on any atom is -0.355 e. The second kappa shape index (κ2) is 31.1. The van der Waals surface area contributed by atoms with Gasteiger partial charge in [0.25, 0.3) is 40.5 Å². The molecular formula is C62H64N10O16S6. The minimum absolute atomic E-state index is 0.0753. The highest BCUT2D eigenvalue weighted by molar-refractivity contribution is 7.86. The van der Waals surface area contributed by atoms with E-state index < -0.39 is 63.6 Å². The van der Waals surface area contributed by atoms with Gasteiger partial charge in [0.15, 0.2) is 0 Å². The summed E-state index contributed by atoms with van der Waals surface area (Å²) in [6.07, 6.45) is 1.78. The summed E-state index contributed by atoms with van der Waals surface area (Å²) in [4.78, 5) is 54.1. The number of carbonyl (C=O) groups is 4. The lowest BCUT2D eigenvalue weighted by molar-refractivity contribution is -0.121. The number of carbonyl (C=O) groups excluding carboxylic acids is 4. The number of nitrogens with one attached hydrogen (secondary N) is 4. The maximum absolute atomic E-state index is 12.6. The zero-order chi connectivity index (χ0) is 67.2. The van der Waals surface area contributed by atoms with E-state index in [4.69, 9.17) is 35.7 Å². The van der Waals surface area contributed by atoms with Crippen LogP contribution in [0.4, 0.5) is 45.5 Å². The van der Waals surface area contributed by atoms with Gasteiger partial charge in [-0.1, -0.05) is 72.8 Å². The molecule has 2 heterocycles. The average Bonchev–Trinajstić information content (AvgIpc) is 1.47. The van der Waals surface area contributed by atoms with Crippen LogP contribution in [0.1, 0.15) is 47.9 Å². The van der Waals surface area contributed by atoms with Crippen LogP contribution in [0.25, 0.3) is 33.3 Å². The van der Waals surface area contributed by atoms with Crippen LogP contribution in [0.15, 0.2) is 154 Å². The van der Waals surface area contributed by atoms with Gasteiger partial charge >= 0.3 is 0 Å². The van der Waals surface area contributed by atoms with Crippen LogP contribution in [-0.4, -0.2) is 133 Å². The summed E-state index contributed by atoms with van der Waals surface area (Å²) < 4.78 is 144. The maximum atomic E-state index is 12.6. The predicted octanol–water partition coefficient (Wildman–Crippen LogP) is 8.44. The molecule has 0 saturated carbocycles. The molecule has 0 atom stereocenters. The Morgan fingerprint density at radius 1 is 0.394 bits per heavy atom. The summed E-state index contributed by atoms with van der Waals surface area (Å²) in [5, 5.41) is 9.94. The number of amides is 3. The van der Waals surface area contributed by atoms with Crippen molar-refractivity contribution in [3.8, 4) is 22.3 Å². The first-order chi connectivity index (χ1) is 44.7. The number of ketones is 1. The van der Waals surface area contributed by atoms with Crippen molar-refractivity contribution in [2.45, 2.75) is 51.4 Å². The average molecular weight is 1400 g/mol. The molecule has 1 aromatic heterocycles. The maximum Gasteiger partial charge on any atom is 0.278 e. The first-order valence-electron chi connectivity index (χ1n) is 29.1. The largest absolute Gasteiger partial charge is 0.355 e. The van der Waals surface area contributed by atoms with E-state index in [-0.39, 0.29) is 75.4 Å². The van der Waals surface area contributed by atoms with Crippen LogP contribution < -0.4 is 31.1 Å². The Labute approximate surface area is 550 Å². The first kappa shape index (κ1) is 69.8. The van der Waals surface area contributed by atoms with Gasteiger partial charge in [0, 0.05) is 90.6 Å². The van der Waals surface area contributed by atoms with Crippen molar-refractivity contribution in [2.24, 2.45) is 8.73 Å². The molecule has 0 spiro atoms. The molecule has 32 heteroatoms. The molecule has 9 rings (SSSR count). The number of aryl methyl sites for hydroxylation is 4. The van der Waals surface area contributed by atoms with Crippen molar-refractivity contribution in [1.82, 2.24) is 30.0 Å². The number of rotatable bonds is 33. The molecule has 0 saturated heterocycles. The smallest absolute Gasteiger partial charge is 0.278 e. The van der Waals surface area contributed by atoms with E-state index in [2.05, 4.69) is 21.3 Å². The van der Waals surface area contributed by atoms with E-state index in [9.17, 15) is 52.8 Å². The van der Waals surface area contributed by atoms with Gasteiger partial charge < -0.3 is 25.8 Å². The van der Waals surface area contributed by atoms with E-state index in [1.807, 2.05) is 155 Å². The molecule has 0 bridgehead atoms. The summed E-state index contributed by atoms with van der Waals surface area (Å²) in [5.41, 5.74) is 13.3. The number of hydrogen-bond donors (Lipinski definition) is 8. The fraction of sp³-hybridized carbons (Fsp3) is 0.258. The number of fused-ring (bicyclic) bond motifs is 2. The number of benzene rings is 7. The quantitative estimate of drug-likeness (QED) is 0.0179. The van der Waals surface area contributed by atoms with Crippen LogP contribution in [0.2, 0.25) is 0 Å². The molecule has 3 amide bonds. The summed E-state index contributed by atoms with van der Waals surface area (Å²) in [5.74, 6) is -3.90. The van der Waals surface area contributed by atoms with Gasteiger partial charge in [-0.05, 0) is 132 Å². The van der Waals surface area contributed by atoms with Gasteiger partial charge in [-0.25, -0.2) is 0 Å². The normalized spacial score (nSPS) is 12.3. The Kier molecular flexibility index (Phi) is 23.1. The molecular weight excluding hydrogens is 1330 g/mol. The number of hydrogen-bond acceptors (Lipinski definition) is 20. The lowest BCUT2D eigenvalue weighted by Crippen LogP contribution is -2.29. The van der Waals surface area contributed by atoms with Gasteiger partial charge in [-0.2, -0.15) is 51.1 Å². The number of Topliss-reactive ketones (excluding diaryl/α,β-unsaturated/α-hetero) is 1. The molecule has 0 unspecified atom stereocenters. The Morgan fingerprint density at radius 3 is 0.968 bits per heavy atom. The van der Waals surface area contributed by atoms with Crippen molar-refractivity contribution in [2.75, 3.05) is 59.1 Å². The number of nitrogens with zero attached hydrogens (tertiary/aromatic N) is 6. The molecule has 7 aromatic carbocycles. The van der Waals surface area contributed by atoms with Crippen molar-refractivity contribution >= 4 is 144 Å². The lowest BCUT2D eigenvalue weighted by Gasteiger charge is -2.26. The van der Waals surface area contributed by atoms with Crippen LogP contribution in [0.3, 0.4) is 0 Å². The Balaban J connectivity index is 0.981. The Morgan fingerprint density at radius 2 is 0.681 bits per heavy atom. The van der Waals surface area contributed by atoms with Crippen LogP contribution in [0, 0.1) is 0 Å². The summed E-state index contributed by atoms with van der Waals surface area (Å²) in [6.45, 7) is -0.895. The second-order valence-electron chi connectivity index (χ2n) is 21.7. The zero-order valence-corrected chi connectivity index (χ0v) is 54.9. The van der Waals surface area contributed by atoms with E-state index in [1.54, 1.807) is 0 Å². The van der Waals surface area contributed by atoms with Crippen LogP contribution in [0.5, 0.6) is 0 Å². The van der Waals surface area contributed by atoms with E-state index >= 15 is 0 Å². The fourth-order valence-corrected chi connectivity index (χ4v) is 12.7. The molecule has 94 heavy (non-hydrogen) atoms. The third kappa shape index (κ3) is 20.2. The third-order valence-corrected chi connectivity index (χ3v) is 18.6. The van der Waals surface area contributed by atoms with Gasteiger partial charge in [-0.3, -0.25) is 42.7 Å². The van der Waals surface area contributed by atoms with Crippen molar-refractivity contribution in [3.63, 3.8) is 0 Å².